The first-order valence-corrected chi connectivity index (χ1v) is 11.9. The minimum absolute atomic E-state index is 0.173. The van der Waals surface area contributed by atoms with Crippen LogP contribution in [0.15, 0.2) is 89.8 Å². The van der Waals surface area contributed by atoms with Crippen LogP contribution >= 0.6 is 0 Å². The van der Waals surface area contributed by atoms with Crippen molar-refractivity contribution in [2.45, 2.75) is 4.90 Å². The average Bonchev–Trinajstić information content (AvgIpc) is 2.82. The van der Waals surface area contributed by atoms with Crippen molar-refractivity contribution in [3.05, 3.63) is 84.9 Å². The maximum atomic E-state index is 12.8. The molecule has 0 saturated carbocycles. The Balaban J connectivity index is 1.33. The quantitative estimate of drug-likeness (QED) is 0.596. The number of nitrogens with zero attached hydrogens (tertiary/aromatic N) is 2. The molecule has 0 spiro atoms. The molecule has 0 atom stereocenters. The molecule has 1 N–H and O–H groups in total. The van der Waals surface area contributed by atoms with Gasteiger partial charge in [-0.05, 0) is 36.4 Å². The summed E-state index contributed by atoms with van der Waals surface area (Å²) in [6.07, 6.45) is 0. The zero-order valence-electron chi connectivity index (χ0n) is 17.6. The average molecular weight is 452 g/mol. The van der Waals surface area contributed by atoms with Crippen molar-refractivity contribution in [1.29, 1.82) is 0 Å². The summed E-state index contributed by atoms with van der Waals surface area (Å²) < 4.78 is 32.9. The summed E-state index contributed by atoms with van der Waals surface area (Å²) in [5.41, 5.74) is 0.589. The minimum Gasteiger partial charge on any atom is -0.455 e. The number of carbonyl (C=O) groups excluding carboxylic acids is 1. The first-order valence-electron chi connectivity index (χ1n) is 10.4. The number of para-hydroxylation sites is 3. The maximum absolute atomic E-state index is 12.8. The molecule has 166 valence electrons. The van der Waals surface area contributed by atoms with Crippen LogP contribution < -0.4 is 10.1 Å². The Morgan fingerprint density at radius 1 is 0.812 bits per heavy atom. The van der Waals surface area contributed by atoms with Gasteiger partial charge in [-0.1, -0.05) is 48.5 Å². The molecule has 32 heavy (non-hydrogen) atoms. The molecule has 1 aliphatic heterocycles. The third-order valence-corrected chi connectivity index (χ3v) is 7.12. The van der Waals surface area contributed by atoms with Crippen LogP contribution in [-0.4, -0.2) is 56.3 Å². The molecule has 0 aliphatic carbocycles. The molecule has 0 bridgehead atoms. The number of benzene rings is 3. The zero-order chi connectivity index (χ0) is 22.4. The molecule has 1 saturated heterocycles. The molecule has 8 heteroatoms. The number of rotatable bonds is 7. The molecule has 1 aliphatic rings. The number of piperazine rings is 1. The van der Waals surface area contributed by atoms with E-state index in [2.05, 4.69) is 5.32 Å². The topological polar surface area (TPSA) is 79.0 Å². The highest BCUT2D eigenvalue weighted by molar-refractivity contribution is 7.89. The van der Waals surface area contributed by atoms with Crippen molar-refractivity contribution in [2.75, 3.05) is 38.0 Å². The summed E-state index contributed by atoms with van der Waals surface area (Å²) in [5, 5.41) is 2.91. The van der Waals surface area contributed by atoms with Gasteiger partial charge in [-0.25, -0.2) is 8.42 Å². The summed E-state index contributed by atoms with van der Waals surface area (Å²) in [7, 11) is -3.51. The van der Waals surface area contributed by atoms with Gasteiger partial charge >= 0.3 is 0 Å². The number of ether oxygens (including phenoxy) is 1. The van der Waals surface area contributed by atoms with E-state index in [0.29, 0.717) is 48.3 Å². The van der Waals surface area contributed by atoms with Crippen molar-refractivity contribution in [3.63, 3.8) is 0 Å². The Hall–Kier alpha value is -3.20. The number of sulfonamides is 1. The van der Waals surface area contributed by atoms with Crippen LogP contribution in [0.3, 0.4) is 0 Å². The number of hydrogen-bond acceptors (Lipinski definition) is 5. The van der Waals surface area contributed by atoms with E-state index in [-0.39, 0.29) is 12.5 Å². The van der Waals surface area contributed by atoms with E-state index in [1.165, 1.54) is 4.31 Å². The molecule has 1 heterocycles. The fraction of sp³-hybridized carbons (Fsp3) is 0.208. The molecule has 4 rings (SSSR count). The predicted octanol–water partition coefficient (Wildman–Crippen LogP) is 3.42. The molecule has 3 aromatic carbocycles. The summed E-state index contributed by atoms with van der Waals surface area (Å²) in [5.74, 6) is 1.07. The van der Waals surface area contributed by atoms with Crippen LogP contribution in [0, 0.1) is 0 Å². The first-order chi connectivity index (χ1) is 15.5. The van der Waals surface area contributed by atoms with Crippen molar-refractivity contribution in [1.82, 2.24) is 9.21 Å². The Morgan fingerprint density at radius 3 is 2.09 bits per heavy atom. The van der Waals surface area contributed by atoms with Gasteiger partial charge in [0.2, 0.25) is 15.9 Å². The van der Waals surface area contributed by atoms with E-state index < -0.39 is 10.0 Å². The maximum Gasteiger partial charge on any atom is 0.243 e. The Labute approximate surface area is 188 Å². The number of amides is 1. The van der Waals surface area contributed by atoms with Gasteiger partial charge in [0.25, 0.3) is 0 Å². The number of anilines is 1. The van der Waals surface area contributed by atoms with Crippen LogP contribution in [-0.2, 0) is 14.8 Å². The Bertz CT molecular complexity index is 1150. The minimum atomic E-state index is -3.51. The molecule has 0 radical (unpaired) electrons. The van der Waals surface area contributed by atoms with Crippen molar-refractivity contribution >= 4 is 21.6 Å². The van der Waals surface area contributed by atoms with Crippen molar-refractivity contribution in [2.24, 2.45) is 0 Å². The lowest BCUT2D eigenvalue weighted by Crippen LogP contribution is -2.50. The molecule has 1 fully saturated rings. The molecule has 7 nitrogen and oxygen atoms in total. The summed E-state index contributed by atoms with van der Waals surface area (Å²) in [6.45, 7) is 1.85. The Kier molecular flexibility index (Phi) is 6.84. The van der Waals surface area contributed by atoms with Gasteiger partial charge in [0.15, 0.2) is 5.75 Å². The molecule has 1 amide bonds. The van der Waals surface area contributed by atoms with Gasteiger partial charge in [0.1, 0.15) is 5.75 Å². The van der Waals surface area contributed by atoms with Gasteiger partial charge in [-0.3, -0.25) is 9.69 Å². The number of carbonyl (C=O) groups is 1. The van der Waals surface area contributed by atoms with Crippen LogP contribution in [0.1, 0.15) is 0 Å². The Morgan fingerprint density at radius 2 is 1.41 bits per heavy atom. The van der Waals surface area contributed by atoms with E-state index in [4.69, 9.17) is 4.74 Å². The summed E-state index contributed by atoms with van der Waals surface area (Å²) >= 11 is 0. The van der Waals surface area contributed by atoms with Gasteiger partial charge in [0, 0.05) is 26.2 Å². The lowest BCUT2D eigenvalue weighted by atomic mass is 10.2. The number of hydrogen-bond donors (Lipinski definition) is 1. The molecule has 0 unspecified atom stereocenters. The second-order valence-electron chi connectivity index (χ2n) is 7.45. The smallest absolute Gasteiger partial charge is 0.243 e. The first kappa shape index (κ1) is 22.0. The lowest BCUT2D eigenvalue weighted by Gasteiger charge is -2.33. The lowest BCUT2D eigenvalue weighted by molar-refractivity contribution is -0.117. The molecule has 0 aromatic heterocycles. The highest BCUT2D eigenvalue weighted by atomic mass is 32.2. The standard InChI is InChI=1S/C24H25N3O4S/c28-24(25-22-13-7-8-14-23(22)31-20-9-3-1-4-10-20)19-26-15-17-27(18-16-26)32(29,30)21-11-5-2-6-12-21/h1-14H,15-19H2,(H,25,28). The van der Waals surface area contributed by atoms with Crippen LogP contribution in [0.5, 0.6) is 11.5 Å². The van der Waals surface area contributed by atoms with Gasteiger partial charge in [-0.15, -0.1) is 0 Å². The highest BCUT2D eigenvalue weighted by Crippen LogP contribution is 2.29. The predicted molar refractivity (Wildman–Crippen MR) is 123 cm³/mol. The highest BCUT2D eigenvalue weighted by Gasteiger charge is 2.29. The van der Waals surface area contributed by atoms with E-state index in [9.17, 15) is 13.2 Å². The van der Waals surface area contributed by atoms with E-state index in [1.54, 1.807) is 42.5 Å². The third-order valence-electron chi connectivity index (χ3n) is 5.21. The largest absolute Gasteiger partial charge is 0.455 e. The van der Waals surface area contributed by atoms with E-state index >= 15 is 0 Å². The third kappa shape index (κ3) is 5.34. The second-order valence-corrected chi connectivity index (χ2v) is 9.39. The monoisotopic (exact) mass is 451 g/mol. The van der Waals surface area contributed by atoms with E-state index in [1.807, 2.05) is 47.4 Å². The van der Waals surface area contributed by atoms with E-state index in [0.717, 1.165) is 0 Å². The SMILES string of the molecule is O=C(CN1CCN(S(=O)(=O)c2ccccc2)CC1)Nc1ccccc1Oc1ccccc1. The normalized spacial score (nSPS) is 15.2. The van der Waals surface area contributed by atoms with Gasteiger partial charge in [0.05, 0.1) is 17.1 Å². The van der Waals surface area contributed by atoms with Crippen molar-refractivity contribution in [3.8, 4) is 11.5 Å². The van der Waals surface area contributed by atoms with Crippen molar-refractivity contribution < 1.29 is 17.9 Å². The number of nitrogens with one attached hydrogen (secondary N) is 1. The van der Waals surface area contributed by atoms with Gasteiger partial charge < -0.3 is 10.1 Å². The molecular weight excluding hydrogens is 426 g/mol. The van der Waals surface area contributed by atoms with Crippen LogP contribution in [0.25, 0.3) is 0 Å². The van der Waals surface area contributed by atoms with Gasteiger partial charge in [-0.2, -0.15) is 4.31 Å². The summed E-state index contributed by atoms with van der Waals surface area (Å²) in [6, 6.07) is 25.1. The second kappa shape index (κ2) is 9.95. The van der Waals surface area contributed by atoms with Crippen LogP contribution in [0.4, 0.5) is 5.69 Å². The van der Waals surface area contributed by atoms with Crippen LogP contribution in [0.2, 0.25) is 0 Å². The molecular formula is C24H25N3O4S. The fourth-order valence-electron chi connectivity index (χ4n) is 3.54. The fourth-order valence-corrected chi connectivity index (χ4v) is 4.98. The zero-order valence-corrected chi connectivity index (χ0v) is 18.4. The molecule has 3 aromatic rings. The summed E-state index contributed by atoms with van der Waals surface area (Å²) in [4.78, 5) is 14.9.